The fraction of sp³-hybridized carbons (Fsp3) is 0.463. The number of fused-ring (bicyclic) bond motifs is 2. The van der Waals surface area contributed by atoms with E-state index in [-0.39, 0.29) is 48.2 Å². The summed E-state index contributed by atoms with van der Waals surface area (Å²) < 4.78 is 78.4. The van der Waals surface area contributed by atoms with Crippen LogP contribution >= 0.6 is 11.6 Å². The van der Waals surface area contributed by atoms with E-state index in [9.17, 15) is 25.9 Å². The van der Waals surface area contributed by atoms with Crippen LogP contribution in [0.1, 0.15) is 94.0 Å². The topological polar surface area (TPSA) is 133 Å². The van der Waals surface area contributed by atoms with Crippen LogP contribution < -0.4 is 43.9 Å². The Morgan fingerprint density at radius 2 is 1.50 bits per heavy atom. The summed E-state index contributed by atoms with van der Waals surface area (Å²) in [5, 5.41) is 0.680. The van der Waals surface area contributed by atoms with Gasteiger partial charge in [0, 0.05) is 39.5 Å². The number of allylic oxidation sites excluding steroid dienone is 10. The molecule has 0 bridgehead atoms. The summed E-state index contributed by atoms with van der Waals surface area (Å²) in [6.45, 7) is 13.0. The minimum absolute atomic E-state index is 0. The van der Waals surface area contributed by atoms with Gasteiger partial charge in [-0.25, -0.2) is 8.42 Å². The number of halogens is 1. The van der Waals surface area contributed by atoms with Gasteiger partial charge in [0.05, 0.1) is 30.1 Å². The summed E-state index contributed by atoms with van der Waals surface area (Å²) in [6, 6.07) is 8.03. The summed E-state index contributed by atoms with van der Waals surface area (Å²) in [7, 11) is -5.18. The zero-order chi connectivity index (χ0) is 39.1. The van der Waals surface area contributed by atoms with Crippen molar-refractivity contribution in [1.82, 2.24) is 0 Å². The van der Waals surface area contributed by atoms with E-state index < -0.39 is 36.8 Å². The molecular weight excluding hydrogens is 757 g/mol. The number of hydrogen-bond donors (Lipinski definition) is 1. The van der Waals surface area contributed by atoms with Crippen LogP contribution in [0.4, 0.5) is 5.69 Å². The van der Waals surface area contributed by atoms with E-state index in [1.807, 2.05) is 32.0 Å². The Kier molecular flexibility index (Phi) is 14.0. The van der Waals surface area contributed by atoms with Crippen LogP contribution in [0, 0.1) is 13.8 Å². The van der Waals surface area contributed by atoms with Crippen LogP contribution in [0.25, 0.3) is 5.57 Å². The molecule has 5 rings (SSSR count). The van der Waals surface area contributed by atoms with Gasteiger partial charge in [-0.15, -0.1) is 0 Å². The third-order valence-corrected chi connectivity index (χ3v) is 12.9. The Morgan fingerprint density at radius 1 is 0.870 bits per heavy atom. The number of nitrogens with zero attached hydrogens (tertiary/aromatic N) is 1. The number of rotatable bonds is 13. The summed E-state index contributed by atoms with van der Waals surface area (Å²) in [4.78, 5) is 2.13. The molecule has 2 aromatic carbocycles. The van der Waals surface area contributed by atoms with E-state index in [4.69, 9.17) is 21.1 Å². The van der Waals surface area contributed by atoms with Crippen molar-refractivity contribution in [1.29, 1.82) is 0 Å². The maximum absolute atomic E-state index is 11.6. The van der Waals surface area contributed by atoms with Crippen molar-refractivity contribution >= 4 is 43.1 Å². The van der Waals surface area contributed by atoms with E-state index in [1.54, 1.807) is 14.2 Å². The first kappa shape index (κ1) is 44.4. The molecule has 0 unspecified atom stereocenters. The van der Waals surface area contributed by atoms with Gasteiger partial charge in [-0.05, 0) is 133 Å². The van der Waals surface area contributed by atoms with Crippen LogP contribution in [-0.4, -0.2) is 58.2 Å². The molecule has 3 aliphatic rings. The molecule has 0 aromatic heterocycles. The van der Waals surface area contributed by atoms with Crippen LogP contribution in [0.3, 0.4) is 0 Å². The third kappa shape index (κ3) is 9.43. The fourth-order valence-corrected chi connectivity index (χ4v) is 9.53. The van der Waals surface area contributed by atoms with Gasteiger partial charge in [-0.2, -0.15) is 8.42 Å². The summed E-state index contributed by atoms with van der Waals surface area (Å²) in [5.74, 6) is 0.741. The number of ether oxygens (including phenoxy) is 2. The zero-order valence-electron chi connectivity index (χ0n) is 32.9. The molecule has 54 heavy (non-hydrogen) atoms. The molecule has 0 radical (unpaired) electrons. The molecule has 13 heteroatoms. The Balaban J connectivity index is 0.00000650. The molecule has 0 atom stereocenters. The van der Waals surface area contributed by atoms with E-state index >= 15 is 0 Å². The fourth-order valence-electron chi connectivity index (χ4n) is 8.22. The van der Waals surface area contributed by atoms with Gasteiger partial charge >= 0.3 is 29.6 Å². The van der Waals surface area contributed by atoms with Gasteiger partial charge in [-0.3, -0.25) is 4.55 Å². The second-order valence-electron chi connectivity index (χ2n) is 15.3. The predicted octanol–water partition coefficient (Wildman–Crippen LogP) is 5.81. The van der Waals surface area contributed by atoms with Crippen LogP contribution in [-0.2, 0) is 31.1 Å². The number of aryl methyl sites for hydroxylation is 2. The minimum Gasteiger partial charge on any atom is -0.748 e. The normalized spacial score (nSPS) is 19.5. The van der Waals surface area contributed by atoms with Crippen LogP contribution in [0.2, 0.25) is 0 Å². The molecule has 1 N–H and O–H groups in total. The van der Waals surface area contributed by atoms with Gasteiger partial charge in [0.25, 0.3) is 10.1 Å². The predicted molar refractivity (Wildman–Crippen MR) is 213 cm³/mol. The quantitative estimate of drug-likeness (QED) is 0.197. The molecule has 0 saturated carbocycles. The summed E-state index contributed by atoms with van der Waals surface area (Å²) >= 11 is 7.18. The summed E-state index contributed by atoms with van der Waals surface area (Å²) in [5.41, 5.74) is 10.5. The monoisotopic (exact) mass is 807 g/mol. The number of methoxy groups -OCH3 is 2. The van der Waals surface area contributed by atoms with Crippen molar-refractivity contribution in [2.24, 2.45) is 0 Å². The Labute approximate surface area is 349 Å². The first-order valence-corrected chi connectivity index (χ1v) is 21.5. The van der Waals surface area contributed by atoms with Crippen LogP contribution in [0.15, 0.2) is 76.0 Å². The molecule has 0 fully saturated rings. The SMILES string of the molecule is COc1cc(C)c2c(c1)C(C)(C)C(/C=C/C1=C(Cl)C(=C/C=C3\N(CCCS(=O)(=O)[O-])c4c(C)cc(OC)cc4C3(C)C)/CCC1)=C2CCCS(=O)(=O)O.[Na+]. The van der Waals surface area contributed by atoms with Crippen LogP contribution in [0.5, 0.6) is 11.5 Å². The smallest absolute Gasteiger partial charge is 0.748 e. The van der Waals surface area contributed by atoms with E-state index in [0.29, 0.717) is 18.0 Å². The molecule has 0 saturated heterocycles. The molecule has 0 amide bonds. The third-order valence-electron chi connectivity index (χ3n) is 10.9. The Morgan fingerprint density at radius 3 is 2.11 bits per heavy atom. The van der Waals surface area contributed by atoms with Crippen molar-refractivity contribution < 1.29 is 65.0 Å². The summed E-state index contributed by atoms with van der Waals surface area (Å²) in [6.07, 6.45) is 11.8. The van der Waals surface area contributed by atoms with Gasteiger partial charge in [0.2, 0.25) is 0 Å². The molecule has 9 nitrogen and oxygen atoms in total. The molecule has 1 aliphatic heterocycles. The van der Waals surface area contributed by atoms with Gasteiger partial charge in [-0.1, -0.05) is 57.5 Å². The maximum Gasteiger partial charge on any atom is 1.00 e. The van der Waals surface area contributed by atoms with E-state index in [2.05, 4.69) is 63.0 Å². The average molecular weight is 808 g/mol. The zero-order valence-corrected chi connectivity index (χ0v) is 37.3. The van der Waals surface area contributed by atoms with Gasteiger partial charge in [0.15, 0.2) is 0 Å². The largest absolute Gasteiger partial charge is 1.00 e. The standard InChI is InChI=1S/C41H52ClNO8S2.Na/c1-26-22-30(50-7)24-34-37(26)32(14-10-20-52(44,45)46)33(40(34,3)4)17-15-28-12-9-13-29(38(28)42)16-18-36-41(5,6)35-25-31(51-8)23-27(2)39(35)43(36)19-11-21-53(47,48)49;/h15-18,22-25H,9-14,19-21H2,1-8H3,(H,44,45,46)(H,47,48,49);/q;+1/p-1/b17-15+,29-16+,36-18-;. The Bertz CT molecular complexity index is 2180. The molecule has 1 heterocycles. The number of anilines is 1. The molecule has 0 spiro atoms. The number of benzene rings is 2. The maximum atomic E-state index is 11.6. The first-order chi connectivity index (χ1) is 24.7. The van der Waals surface area contributed by atoms with Crippen molar-refractivity contribution in [2.75, 3.05) is 37.2 Å². The first-order valence-electron chi connectivity index (χ1n) is 18.0. The minimum atomic E-state index is -4.36. The van der Waals surface area contributed by atoms with Crippen molar-refractivity contribution in [3.8, 4) is 11.5 Å². The van der Waals surface area contributed by atoms with Crippen molar-refractivity contribution in [3.05, 3.63) is 104 Å². The van der Waals surface area contributed by atoms with Crippen molar-refractivity contribution in [3.63, 3.8) is 0 Å². The van der Waals surface area contributed by atoms with Gasteiger partial charge < -0.3 is 18.9 Å². The van der Waals surface area contributed by atoms with Gasteiger partial charge in [0.1, 0.15) is 11.5 Å². The Hall–Kier alpha value is -2.35. The number of hydrogen-bond acceptors (Lipinski definition) is 8. The molecule has 288 valence electrons. The molecule has 2 aliphatic carbocycles. The molecule has 2 aromatic rings. The van der Waals surface area contributed by atoms with Crippen molar-refractivity contribution in [2.45, 2.75) is 90.9 Å². The molecular formula is C41H51ClNNaO8S2. The van der Waals surface area contributed by atoms with E-state index in [0.717, 1.165) is 92.3 Å². The van der Waals surface area contributed by atoms with E-state index in [1.165, 1.54) is 0 Å². The second kappa shape index (κ2) is 17.0. The second-order valence-corrected chi connectivity index (χ2v) is 18.7. The average Bonchev–Trinajstić information content (AvgIpc) is 3.41.